The Balaban J connectivity index is 2.21. The first-order valence-electron chi connectivity index (χ1n) is 4.76. The van der Waals surface area contributed by atoms with Crippen LogP contribution in [0.5, 0.6) is 0 Å². The molecule has 0 unspecified atom stereocenters. The van der Waals surface area contributed by atoms with Crippen LogP contribution >= 0.6 is 11.8 Å². The van der Waals surface area contributed by atoms with Crippen molar-refractivity contribution in [3.8, 4) is 0 Å². The lowest BCUT2D eigenvalue weighted by Crippen LogP contribution is -2.09. The van der Waals surface area contributed by atoms with Crippen molar-refractivity contribution in [3.05, 3.63) is 29.8 Å². The third kappa shape index (κ3) is 2.56. The zero-order chi connectivity index (χ0) is 11.6. The molecule has 0 saturated carbocycles. The molecule has 1 aliphatic heterocycles. The molecule has 0 atom stereocenters. The minimum atomic E-state index is -3.71. The molecule has 0 aromatic heterocycles. The van der Waals surface area contributed by atoms with Crippen LogP contribution in [0.25, 0.3) is 0 Å². The van der Waals surface area contributed by atoms with Gasteiger partial charge in [0.25, 0.3) is 5.23 Å². The van der Waals surface area contributed by atoms with Crippen molar-refractivity contribution >= 4 is 27.1 Å². The number of aliphatic imine (C=N–C) groups is 1. The predicted molar refractivity (Wildman–Crippen MR) is 64.2 cm³/mol. The standard InChI is InChI=1S/C10H11NO3S2/c1-8-2-4-9(5-3-8)16(12,13)14-10-11-6-7-15-10/h2-5H,6-7H2,1H3. The molecule has 1 aromatic rings. The minimum absolute atomic E-state index is 0.160. The van der Waals surface area contributed by atoms with E-state index in [0.717, 1.165) is 11.3 Å². The summed E-state index contributed by atoms with van der Waals surface area (Å²) in [5, 5.41) is 0.237. The number of benzene rings is 1. The van der Waals surface area contributed by atoms with E-state index in [9.17, 15) is 8.42 Å². The molecular formula is C10H11NO3S2. The second-order valence-electron chi connectivity index (χ2n) is 3.35. The van der Waals surface area contributed by atoms with Gasteiger partial charge in [-0.2, -0.15) is 8.42 Å². The molecule has 4 nitrogen and oxygen atoms in total. The predicted octanol–water partition coefficient (Wildman–Crippen LogP) is 1.80. The molecule has 0 radical (unpaired) electrons. The van der Waals surface area contributed by atoms with Crippen molar-refractivity contribution in [1.29, 1.82) is 0 Å². The topological polar surface area (TPSA) is 55.7 Å². The third-order valence-electron chi connectivity index (χ3n) is 2.05. The van der Waals surface area contributed by atoms with E-state index in [0.29, 0.717) is 6.54 Å². The minimum Gasteiger partial charge on any atom is -0.352 e. The number of rotatable bonds is 2. The normalized spacial score (nSPS) is 15.9. The summed E-state index contributed by atoms with van der Waals surface area (Å²) in [6.07, 6.45) is 0. The van der Waals surface area contributed by atoms with Gasteiger partial charge in [-0.3, -0.25) is 0 Å². The average Bonchev–Trinajstić information content (AvgIpc) is 2.70. The highest BCUT2D eigenvalue weighted by atomic mass is 32.2. The Bertz CT molecular complexity index is 505. The fraction of sp³-hybridized carbons (Fsp3) is 0.300. The zero-order valence-electron chi connectivity index (χ0n) is 8.71. The lowest BCUT2D eigenvalue weighted by atomic mass is 10.2. The maximum atomic E-state index is 11.8. The van der Waals surface area contributed by atoms with E-state index in [-0.39, 0.29) is 10.1 Å². The number of thioether (sulfide) groups is 1. The van der Waals surface area contributed by atoms with Crippen LogP contribution in [0.15, 0.2) is 34.2 Å². The molecule has 1 aromatic carbocycles. The van der Waals surface area contributed by atoms with Gasteiger partial charge in [0.05, 0.1) is 6.54 Å². The number of nitrogens with zero attached hydrogens (tertiary/aromatic N) is 1. The smallest absolute Gasteiger partial charge is 0.341 e. The fourth-order valence-electron chi connectivity index (χ4n) is 1.21. The van der Waals surface area contributed by atoms with Gasteiger partial charge in [-0.15, -0.1) is 0 Å². The molecule has 86 valence electrons. The summed E-state index contributed by atoms with van der Waals surface area (Å²) in [5.41, 5.74) is 1.01. The average molecular weight is 257 g/mol. The van der Waals surface area contributed by atoms with Crippen LogP contribution in [0.2, 0.25) is 0 Å². The van der Waals surface area contributed by atoms with Crippen LogP contribution in [-0.4, -0.2) is 25.9 Å². The zero-order valence-corrected chi connectivity index (χ0v) is 10.3. The number of aryl methyl sites for hydroxylation is 1. The molecule has 0 saturated heterocycles. The largest absolute Gasteiger partial charge is 0.352 e. The van der Waals surface area contributed by atoms with Gasteiger partial charge in [0.1, 0.15) is 4.90 Å². The first kappa shape index (κ1) is 11.5. The maximum Gasteiger partial charge on any atom is 0.341 e. The summed E-state index contributed by atoms with van der Waals surface area (Å²) in [7, 11) is -3.71. The van der Waals surface area contributed by atoms with E-state index in [2.05, 4.69) is 4.99 Å². The van der Waals surface area contributed by atoms with Gasteiger partial charge in [-0.1, -0.05) is 29.5 Å². The van der Waals surface area contributed by atoms with Crippen molar-refractivity contribution in [2.75, 3.05) is 12.3 Å². The van der Waals surface area contributed by atoms with Crippen LogP contribution in [-0.2, 0) is 14.3 Å². The summed E-state index contributed by atoms with van der Waals surface area (Å²) < 4.78 is 28.5. The molecular weight excluding hydrogens is 246 g/mol. The molecule has 0 amide bonds. The van der Waals surface area contributed by atoms with E-state index >= 15 is 0 Å². The summed E-state index contributed by atoms with van der Waals surface area (Å²) in [5.74, 6) is 0.777. The van der Waals surface area contributed by atoms with Crippen LogP contribution < -0.4 is 0 Å². The lowest BCUT2D eigenvalue weighted by Gasteiger charge is -2.05. The Morgan fingerprint density at radius 1 is 1.31 bits per heavy atom. The van der Waals surface area contributed by atoms with Gasteiger partial charge in [-0.05, 0) is 19.1 Å². The van der Waals surface area contributed by atoms with E-state index < -0.39 is 10.1 Å². The van der Waals surface area contributed by atoms with Crippen molar-refractivity contribution in [2.45, 2.75) is 11.8 Å². The Morgan fingerprint density at radius 3 is 2.56 bits per heavy atom. The van der Waals surface area contributed by atoms with E-state index in [4.69, 9.17) is 4.18 Å². The van der Waals surface area contributed by atoms with Gasteiger partial charge < -0.3 is 4.18 Å². The molecule has 0 aliphatic carbocycles. The van der Waals surface area contributed by atoms with Gasteiger partial charge in [-0.25, -0.2) is 4.99 Å². The highest BCUT2D eigenvalue weighted by molar-refractivity contribution is 8.14. The molecule has 2 rings (SSSR count). The number of hydrogen-bond donors (Lipinski definition) is 0. The molecule has 0 spiro atoms. The van der Waals surface area contributed by atoms with E-state index in [1.807, 2.05) is 6.92 Å². The SMILES string of the molecule is Cc1ccc(S(=O)(=O)OC2=NCCS2)cc1. The van der Waals surface area contributed by atoms with E-state index in [1.54, 1.807) is 12.1 Å². The summed E-state index contributed by atoms with van der Waals surface area (Å²) in [4.78, 5) is 4.10. The lowest BCUT2D eigenvalue weighted by molar-refractivity contribution is 0.488. The summed E-state index contributed by atoms with van der Waals surface area (Å²) in [6, 6.07) is 6.54. The molecule has 6 heteroatoms. The Labute approximate surface area is 98.9 Å². The fourth-order valence-corrected chi connectivity index (χ4v) is 3.02. The van der Waals surface area contributed by atoms with Gasteiger partial charge in [0, 0.05) is 5.75 Å². The summed E-state index contributed by atoms with van der Waals surface area (Å²) in [6.45, 7) is 2.51. The Morgan fingerprint density at radius 2 is 2.00 bits per heavy atom. The van der Waals surface area contributed by atoms with Crippen LogP contribution in [0.4, 0.5) is 0 Å². The molecule has 0 bridgehead atoms. The quantitative estimate of drug-likeness (QED) is 0.758. The van der Waals surface area contributed by atoms with Crippen LogP contribution in [0.3, 0.4) is 0 Å². The Kier molecular flexibility index (Phi) is 3.20. The van der Waals surface area contributed by atoms with Gasteiger partial charge in [0.15, 0.2) is 0 Å². The van der Waals surface area contributed by atoms with Crippen LogP contribution in [0.1, 0.15) is 5.56 Å². The molecule has 1 heterocycles. The van der Waals surface area contributed by atoms with E-state index in [1.165, 1.54) is 23.9 Å². The van der Waals surface area contributed by atoms with Crippen molar-refractivity contribution < 1.29 is 12.6 Å². The van der Waals surface area contributed by atoms with Crippen molar-refractivity contribution in [3.63, 3.8) is 0 Å². The first-order valence-corrected chi connectivity index (χ1v) is 7.16. The Hall–Kier alpha value is -1.01. The van der Waals surface area contributed by atoms with Gasteiger partial charge >= 0.3 is 10.1 Å². The molecule has 1 aliphatic rings. The van der Waals surface area contributed by atoms with Crippen molar-refractivity contribution in [2.24, 2.45) is 4.99 Å². The maximum absolute atomic E-state index is 11.8. The summed E-state index contributed by atoms with van der Waals surface area (Å²) >= 11 is 1.32. The molecule has 16 heavy (non-hydrogen) atoms. The molecule has 0 fully saturated rings. The highest BCUT2D eigenvalue weighted by Crippen LogP contribution is 2.19. The van der Waals surface area contributed by atoms with Crippen molar-refractivity contribution in [1.82, 2.24) is 0 Å². The van der Waals surface area contributed by atoms with Crippen LogP contribution in [0, 0.1) is 6.92 Å². The second-order valence-corrected chi connectivity index (χ2v) is 5.94. The third-order valence-corrected chi connectivity index (χ3v) is 4.23. The van der Waals surface area contributed by atoms with Gasteiger partial charge in [0.2, 0.25) is 0 Å². The second kappa shape index (κ2) is 4.47. The molecule has 0 N–H and O–H groups in total. The highest BCUT2D eigenvalue weighted by Gasteiger charge is 2.20. The first-order chi connectivity index (χ1) is 7.58. The number of hydrogen-bond acceptors (Lipinski definition) is 5. The monoisotopic (exact) mass is 257 g/mol.